The molecule has 23 heavy (non-hydrogen) atoms. The lowest BCUT2D eigenvalue weighted by Crippen LogP contribution is -2.39. The summed E-state index contributed by atoms with van der Waals surface area (Å²) in [6.45, 7) is 1.41. The van der Waals surface area contributed by atoms with Crippen molar-refractivity contribution in [3.05, 3.63) is 62.7 Å². The summed E-state index contributed by atoms with van der Waals surface area (Å²) >= 11 is 0. The van der Waals surface area contributed by atoms with Gasteiger partial charge in [-0.05, 0) is 25.1 Å². The summed E-state index contributed by atoms with van der Waals surface area (Å²) in [4.78, 5) is 23.4. The van der Waals surface area contributed by atoms with Crippen LogP contribution in [-0.2, 0) is 20.6 Å². The number of halogens is 1. The molecule has 2 aromatic rings. The summed E-state index contributed by atoms with van der Waals surface area (Å²) in [6.07, 6.45) is 0.674. The molecular weight excluding hydrogens is 301 g/mol. The average molecular weight is 321 g/mol. The molecule has 0 aliphatic carbocycles. The van der Waals surface area contributed by atoms with Crippen molar-refractivity contribution in [2.75, 3.05) is 13.2 Å². The second-order valence-electron chi connectivity index (χ2n) is 5.18. The number of rotatable bonds is 7. The first-order valence-electron chi connectivity index (χ1n) is 7.34. The number of nitrogens with zero attached hydrogens (tertiary/aromatic N) is 2. The van der Waals surface area contributed by atoms with Crippen LogP contribution in [0.25, 0.3) is 0 Å². The summed E-state index contributed by atoms with van der Waals surface area (Å²) in [5, 5.41) is 3.14. The Balaban J connectivity index is 1.77. The minimum atomic E-state index is -0.379. The Bertz CT molecular complexity index is 783. The first-order valence-corrected chi connectivity index (χ1v) is 7.34. The molecule has 0 radical (unpaired) electrons. The van der Waals surface area contributed by atoms with E-state index in [4.69, 9.17) is 4.74 Å². The van der Waals surface area contributed by atoms with Gasteiger partial charge in [0.2, 0.25) is 0 Å². The predicted octanol–water partition coefficient (Wildman–Crippen LogP) is 0.782. The molecule has 0 saturated carbocycles. The molecule has 1 heterocycles. The van der Waals surface area contributed by atoms with Gasteiger partial charge in [-0.15, -0.1) is 0 Å². The Morgan fingerprint density at radius 3 is 2.65 bits per heavy atom. The Morgan fingerprint density at radius 2 is 1.91 bits per heavy atom. The van der Waals surface area contributed by atoms with Crippen LogP contribution in [-0.4, -0.2) is 22.3 Å². The van der Waals surface area contributed by atoms with Crippen LogP contribution in [0.15, 0.2) is 39.9 Å². The van der Waals surface area contributed by atoms with Crippen molar-refractivity contribution in [2.24, 2.45) is 14.1 Å². The van der Waals surface area contributed by atoms with Crippen molar-refractivity contribution in [3.8, 4) is 5.75 Å². The minimum Gasteiger partial charge on any atom is -0.490 e. The SMILES string of the molecule is Cn1c(CNCCCOc2ccccc2F)cc(=O)n(C)c1=O. The van der Waals surface area contributed by atoms with E-state index in [0.717, 1.165) is 4.57 Å². The van der Waals surface area contributed by atoms with Gasteiger partial charge in [-0.25, -0.2) is 9.18 Å². The van der Waals surface area contributed by atoms with E-state index in [1.165, 1.54) is 23.7 Å². The van der Waals surface area contributed by atoms with Crippen LogP contribution in [0.4, 0.5) is 4.39 Å². The van der Waals surface area contributed by atoms with E-state index in [9.17, 15) is 14.0 Å². The number of para-hydroxylation sites is 1. The van der Waals surface area contributed by atoms with E-state index in [-0.39, 0.29) is 22.8 Å². The van der Waals surface area contributed by atoms with Gasteiger partial charge in [-0.2, -0.15) is 0 Å². The quantitative estimate of drug-likeness (QED) is 0.766. The zero-order valence-corrected chi connectivity index (χ0v) is 13.2. The second kappa shape index (κ2) is 7.73. The van der Waals surface area contributed by atoms with Gasteiger partial charge in [0.05, 0.1) is 6.61 Å². The van der Waals surface area contributed by atoms with Gasteiger partial charge < -0.3 is 10.1 Å². The summed E-state index contributed by atoms with van der Waals surface area (Å²) in [6, 6.07) is 7.69. The monoisotopic (exact) mass is 321 g/mol. The van der Waals surface area contributed by atoms with E-state index in [1.807, 2.05) is 0 Å². The summed E-state index contributed by atoms with van der Waals surface area (Å²) in [7, 11) is 3.07. The van der Waals surface area contributed by atoms with Crippen molar-refractivity contribution in [3.63, 3.8) is 0 Å². The molecule has 0 spiro atoms. The van der Waals surface area contributed by atoms with E-state index < -0.39 is 0 Å². The number of nitrogens with one attached hydrogen (secondary N) is 1. The third kappa shape index (κ3) is 4.29. The van der Waals surface area contributed by atoms with Crippen LogP contribution >= 0.6 is 0 Å². The van der Waals surface area contributed by atoms with Gasteiger partial charge in [0.25, 0.3) is 5.56 Å². The Labute approximate surface area is 133 Å². The maximum atomic E-state index is 13.3. The normalized spacial score (nSPS) is 10.7. The maximum Gasteiger partial charge on any atom is 0.330 e. The number of benzene rings is 1. The van der Waals surface area contributed by atoms with Gasteiger partial charge >= 0.3 is 5.69 Å². The maximum absolute atomic E-state index is 13.3. The Kier molecular flexibility index (Phi) is 5.70. The van der Waals surface area contributed by atoms with E-state index in [2.05, 4.69) is 5.32 Å². The molecule has 0 atom stereocenters. The minimum absolute atomic E-state index is 0.237. The second-order valence-corrected chi connectivity index (χ2v) is 5.18. The van der Waals surface area contributed by atoms with Gasteiger partial charge in [0, 0.05) is 32.4 Å². The van der Waals surface area contributed by atoms with Crippen molar-refractivity contribution in [1.82, 2.24) is 14.5 Å². The molecule has 0 aliphatic heterocycles. The molecule has 1 aromatic heterocycles. The average Bonchev–Trinajstić information content (AvgIpc) is 2.54. The molecule has 1 N–H and O–H groups in total. The number of aromatic nitrogens is 2. The highest BCUT2D eigenvalue weighted by molar-refractivity contribution is 5.23. The van der Waals surface area contributed by atoms with E-state index in [0.29, 0.717) is 31.8 Å². The predicted molar refractivity (Wildman–Crippen MR) is 85.1 cm³/mol. The highest BCUT2D eigenvalue weighted by atomic mass is 19.1. The molecular formula is C16H20FN3O3. The fourth-order valence-electron chi connectivity index (χ4n) is 2.11. The zero-order chi connectivity index (χ0) is 16.8. The third-order valence-corrected chi connectivity index (χ3v) is 3.52. The summed E-state index contributed by atoms with van der Waals surface area (Å²) in [5.41, 5.74) is -0.0573. The fraction of sp³-hybridized carbons (Fsp3) is 0.375. The van der Waals surface area contributed by atoms with Crippen molar-refractivity contribution in [1.29, 1.82) is 0 Å². The van der Waals surface area contributed by atoms with Crippen LogP contribution in [0, 0.1) is 5.82 Å². The smallest absolute Gasteiger partial charge is 0.330 e. The van der Waals surface area contributed by atoms with Crippen molar-refractivity contribution in [2.45, 2.75) is 13.0 Å². The van der Waals surface area contributed by atoms with Crippen LogP contribution in [0.3, 0.4) is 0 Å². The van der Waals surface area contributed by atoms with Gasteiger partial charge in [-0.1, -0.05) is 12.1 Å². The molecule has 0 aliphatic rings. The van der Waals surface area contributed by atoms with Crippen LogP contribution in [0.2, 0.25) is 0 Å². The largest absolute Gasteiger partial charge is 0.490 e. The number of hydrogen-bond donors (Lipinski definition) is 1. The molecule has 6 nitrogen and oxygen atoms in total. The standard InChI is InChI=1S/C16H20FN3O3/c1-19-12(10-15(21)20(2)16(19)22)11-18-8-5-9-23-14-7-4-3-6-13(14)17/h3-4,6-7,10,18H,5,8-9,11H2,1-2H3. The van der Waals surface area contributed by atoms with E-state index >= 15 is 0 Å². The first-order chi connectivity index (χ1) is 11.0. The molecule has 0 unspecified atom stereocenters. The third-order valence-electron chi connectivity index (χ3n) is 3.52. The highest BCUT2D eigenvalue weighted by Gasteiger charge is 2.05. The lowest BCUT2D eigenvalue weighted by molar-refractivity contribution is 0.293. The van der Waals surface area contributed by atoms with Crippen LogP contribution in [0.5, 0.6) is 5.75 Å². The van der Waals surface area contributed by atoms with Gasteiger partial charge in [0.1, 0.15) is 0 Å². The molecule has 0 fully saturated rings. The molecule has 0 amide bonds. The molecule has 0 bridgehead atoms. The number of ether oxygens (including phenoxy) is 1. The highest BCUT2D eigenvalue weighted by Crippen LogP contribution is 2.15. The topological polar surface area (TPSA) is 65.3 Å². The fourth-order valence-corrected chi connectivity index (χ4v) is 2.11. The lowest BCUT2D eigenvalue weighted by atomic mass is 10.3. The van der Waals surface area contributed by atoms with E-state index in [1.54, 1.807) is 25.2 Å². The van der Waals surface area contributed by atoms with Crippen molar-refractivity contribution >= 4 is 0 Å². The lowest BCUT2D eigenvalue weighted by Gasteiger charge is -2.11. The summed E-state index contributed by atoms with van der Waals surface area (Å²) in [5.74, 6) is -0.142. The molecule has 7 heteroatoms. The van der Waals surface area contributed by atoms with Crippen LogP contribution < -0.4 is 21.3 Å². The molecule has 2 rings (SSSR count). The Morgan fingerprint density at radius 1 is 1.17 bits per heavy atom. The van der Waals surface area contributed by atoms with Gasteiger partial charge in [0.15, 0.2) is 11.6 Å². The summed E-state index contributed by atoms with van der Waals surface area (Å²) < 4.78 is 21.2. The Hall–Kier alpha value is -2.41. The number of hydrogen-bond acceptors (Lipinski definition) is 4. The van der Waals surface area contributed by atoms with Gasteiger partial charge in [-0.3, -0.25) is 13.9 Å². The zero-order valence-electron chi connectivity index (χ0n) is 13.2. The molecule has 0 saturated heterocycles. The molecule has 1 aromatic carbocycles. The first kappa shape index (κ1) is 17.0. The molecule has 124 valence electrons. The van der Waals surface area contributed by atoms with Crippen LogP contribution in [0.1, 0.15) is 12.1 Å². The van der Waals surface area contributed by atoms with Crippen molar-refractivity contribution < 1.29 is 9.13 Å².